The van der Waals surface area contributed by atoms with Crippen LogP contribution in [-0.4, -0.2) is 44.2 Å². The molecule has 8 nitrogen and oxygen atoms in total. The SMILES string of the molecule is CCC1CN(Cc2cc(C(CC(=O)O)c3ccc(C#N)cc3OC)ccc2C)S(O)(O)c2ccccc2O1. The van der Waals surface area contributed by atoms with Gasteiger partial charge < -0.3 is 14.6 Å². The highest BCUT2D eigenvalue weighted by Crippen LogP contribution is 2.57. The summed E-state index contributed by atoms with van der Waals surface area (Å²) in [6.45, 7) is 4.49. The Hall–Kier alpha value is -3.55. The summed E-state index contributed by atoms with van der Waals surface area (Å²) in [4.78, 5) is 12.2. The highest BCUT2D eigenvalue weighted by atomic mass is 32.3. The number of para-hydroxylation sites is 1. The van der Waals surface area contributed by atoms with E-state index in [-0.39, 0.29) is 19.1 Å². The van der Waals surface area contributed by atoms with Gasteiger partial charge in [-0.1, -0.05) is 43.3 Å². The van der Waals surface area contributed by atoms with Crippen LogP contribution in [0.2, 0.25) is 0 Å². The number of nitriles is 1. The number of aliphatic carboxylic acids is 1. The summed E-state index contributed by atoms with van der Waals surface area (Å²) in [6.07, 6.45) is 0.289. The molecule has 2 atom stereocenters. The molecule has 1 aliphatic heterocycles. The molecule has 38 heavy (non-hydrogen) atoms. The molecule has 4 rings (SSSR count). The lowest BCUT2D eigenvalue weighted by Gasteiger charge is -2.42. The summed E-state index contributed by atoms with van der Waals surface area (Å²) in [7, 11) is -1.84. The van der Waals surface area contributed by atoms with E-state index in [2.05, 4.69) is 6.07 Å². The van der Waals surface area contributed by atoms with Gasteiger partial charge in [-0.25, -0.2) is 0 Å². The standard InChI is InChI=1S/C29H32N2O6S/c1-4-23-18-31(38(34,35)28-8-6-5-7-26(28)37-23)17-22-14-21(11-9-19(22)2)25(15-29(32)33)24-12-10-20(16-30)13-27(24)36-3/h5-14,23,25,34-35H,4,15,17-18H2,1-3H3,(H,32,33). The molecular weight excluding hydrogens is 504 g/mol. The minimum atomic E-state index is -3.34. The van der Waals surface area contributed by atoms with E-state index in [1.165, 1.54) is 7.11 Å². The number of benzene rings is 3. The molecule has 0 fully saturated rings. The maximum atomic E-state index is 11.9. The molecular formula is C29H32N2O6S. The number of aryl methyl sites for hydroxylation is 1. The highest BCUT2D eigenvalue weighted by molar-refractivity contribution is 8.22. The average Bonchev–Trinajstić information content (AvgIpc) is 3.01. The van der Waals surface area contributed by atoms with Crippen LogP contribution in [0.1, 0.15) is 53.5 Å². The summed E-state index contributed by atoms with van der Waals surface area (Å²) >= 11 is 0. The van der Waals surface area contributed by atoms with Gasteiger partial charge in [-0.05, 0) is 54.3 Å². The van der Waals surface area contributed by atoms with Crippen molar-refractivity contribution in [3.8, 4) is 17.6 Å². The van der Waals surface area contributed by atoms with E-state index in [4.69, 9.17) is 9.47 Å². The van der Waals surface area contributed by atoms with Gasteiger partial charge >= 0.3 is 5.97 Å². The number of hydrogen-bond acceptors (Lipinski definition) is 7. The number of nitrogens with zero attached hydrogens (tertiary/aromatic N) is 2. The van der Waals surface area contributed by atoms with Gasteiger partial charge in [0.1, 0.15) is 22.5 Å². The van der Waals surface area contributed by atoms with Crippen molar-refractivity contribution < 1.29 is 28.5 Å². The van der Waals surface area contributed by atoms with Gasteiger partial charge in [0, 0.05) is 18.0 Å². The number of carboxylic acid groups (broad SMARTS) is 1. The molecule has 3 aromatic rings. The van der Waals surface area contributed by atoms with Crippen LogP contribution in [0.3, 0.4) is 0 Å². The lowest BCUT2D eigenvalue weighted by molar-refractivity contribution is -0.137. The van der Waals surface area contributed by atoms with Crippen LogP contribution in [-0.2, 0) is 11.3 Å². The summed E-state index contributed by atoms with van der Waals surface area (Å²) in [5.74, 6) is -0.586. The fourth-order valence-electron chi connectivity index (χ4n) is 4.75. The third-order valence-corrected chi connectivity index (χ3v) is 8.83. The quantitative estimate of drug-likeness (QED) is 0.312. The van der Waals surface area contributed by atoms with Crippen molar-refractivity contribution in [2.75, 3.05) is 13.7 Å². The van der Waals surface area contributed by atoms with E-state index < -0.39 is 22.7 Å². The molecule has 0 saturated heterocycles. The number of carbonyl (C=O) groups is 1. The second-order valence-corrected chi connectivity index (χ2v) is 11.3. The maximum Gasteiger partial charge on any atom is 0.304 e. The number of ether oxygens (including phenoxy) is 2. The topological polar surface area (TPSA) is 123 Å². The van der Waals surface area contributed by atoms with E-state index in [0.717, 1.165) is 16.7 Å². The number of fused-ring (bicyclic) bond motifs is 1. The third-order valence-electron chi connectivity index (χ3n) is 6.90. The van der Waals surface area contributed by atoms with Gasteiger partial charge in [0.2, 0.25) is 0 Å². The van der Waals surface area contributed by atoms with Crippen molar-refractivity contribution >= 4 is 16.7 Å². The minimum absolute atomic E-state index is 0.178. The molecule has 0 aliphatic carbocycles. The first kappa shape index (κ1) is 27.5. The molecule has 2 unspecified atom stereocenters. The Morgan fingerprint density at radius 2 is 1.97 bits per heavy atom. The van der Waals surface area contributed by atoms with Crippen molar-refractivity contribution in [2.24, 2.45) is 0 Å². The molecule has 0 spiro atoms. The molecule has 0 amide bonds. The number of methoxy groups -OCH3 is 1. The maximum absolute atomic E-state index is 11.9. The van der Waals surface area contributed by atoms with Crippen LogP contribution >= 0.6 is 10.8 Å². The minimum Gasteiger partial charge on any atom is -0.496 e. The average molecular weight is 537 g/mol. The Bertz CT molecular complexity index is 1370. The van der Waals surface area contributed by atoms with Crippen molar-refractivity contribution in [3.05, 3.63) is 88.5 Å². The number of hydrogen-bond donors (Lipinski definition) is 3. The van der Waals surface area contributed by atoms with Crippen molar-refractivity contribution in [2.45, 2.75) is 50.2 Å². The zero-order chi connectivity index (χ0) is 27.4. The van der Waals surface area contributed by atoms with E-state index in [9.17, 15) is 24.3 Å². The smallest absolute Gasteiger partial charge is 0.304 e. The molecule has 0 radical (unpaired) electrons. The number of carboxylic acids is 1. The Balaban J connectivity index is 1.75. The lowest BCUT2D eigenvalue weighted by atomic mass is 9.86. The fraction of sp³-hybridized carbons (Fsp3) is 0.310. The first-order chi connectivity index (χ1) is 18.2. The predicted octanol–water partition coefficient (Wildman–Crippen LogP) is 6.18. The predicted molar refractivity (Wildman–Crippen MR) is 146 cm³/mol. The van der Waals surface area contributed by atoms with Crippen LogP contribution in [0.5, 0.6) is 11.5 Å². The highest BCUT2D eigenvalue weighted by Gasteiger charge is 2.35. The molecule has 0 aromatic heterocycles. The Labute approximate surface area is 224 Å². The first-order valence-electron chi connectivity index (χ1n) is 12.4. The molecule has 200 valence electrons. The Morgan fingerprint density at radius 3 is 2.66 bits per heavy atom. The van der Waals surface area contributed by atoms with Crippen molar-refractivity contribution in [1.82, 2.24) is 4.31 Å². The Kier molecular flexibility index (Phi) is 8.29. The van der Waals surface area contributed by atoms with E-state index in [0.29, 0.717) is 40.5 Å². The molecule has 3 N–H and O–H groups in total. The molecule has 0 bridgehead atoms. The third kappa shape index (κ3) is 5.64. The first-order valence-corrected chi connectivity index (χ1v) is 13.9. The van der Waals surface area contributed by atoms with Gasteiger partial charge in [0.05, 0.1) is 31.7 Å². The van der Waals surface area contributed by atoms with Gasteiger partial charge in [-0.3, -0.25) is 13.9 Å². The van der Waals surface area contributed by atoms with Crippen molar-refractivity contribution in [3.63, 3.8) is 0 Å². The van der Waals surface area contributed by atoms with Crippen LogP contribution in [0.15, 0.2) is 65.6 Å². The van der Waals surface area contributed by atoms with Crippen LogP contribution in [0.25, 0.3) is 0 Å². The zero-order valence-electron chi connectivity index (χ0n) is 21.6. The van der Waals surface area contributed by atoms with E-state index in [1.54, 1.807) is 40.7 Å². The largest absolute Gasteiger partial charge is 0.496 e. The van der Waals surface area contributed by atoms with E-state index in [1.807, 2.05) is 38.1 Å². The second kappa shape index (κ2) is 11.5. The van der Waals surface area contributed by atoms with Gasteiger partial charge in [0.25, 0.3) is 0 Å². The normalized spacial score (nSPS) is 18.3. The van der Waals surface area contributed by atoms with Crippen molar-refractivity contribution in [1.29, 1.82) is 5.26 Å². The van der Waals surface area contributed by atoms with Gasteiger partial charge in [-0.15, -0.1) is 10.8 Å². The summed E-state index contributed by atoms with van der Waals surface area (Å²) in [5.41, 5.74) is 3.63. The lowest BCUT2D eigenvalue weighted by Crippen LogP contribution is -2.34. The number of rotatable bonds is 8. The summed E-state index contributed by atoms with van der Waals surface area (Å²) in [5, 5.41) is 19.0. The molecule has 3 aromatic carbocycles. The molecule has 1 heterocycles. The monoisotopic (exact) mass is 536 g/mol. The second-order valence-electron chi connectivity index (χ2n) is 9.34. The molecule has 0 saturated carbocycles. The van der Waals surface area contributed by atoms with E-state index >= 15 is 0 Å². The Morgan fingerprint density at radius 1 is 1.21 bits per heavy atom. The zero-order valence-corrected chi connectivity index (χ0v) is 22.4. The summed E-state index contributed by atoms with van der Waals surface area (Å²) in [6, 6.07) is 19.8. The van der Waals surface area contributed by atoms with Gasteiger partial charge in [-0.2, -0.15) is 9.57 Å². The van der Waals surface area contributed by atoms with Gasteiger partial charge in [0.15, 0.2) is 0 Å². The van der Waals surface area contributed by atoms with Crippen LogP contribution < -0.4 is 9.47 Å². The molecule has 1 aliphatic rings. The van der Waals surface area contributed by atoms with Crippen LogP contribution in [0, 0.1) is 18.3 Å². The fourth-order valence-corrected chi connectivity index (χ4v) is 6.37. The van der Waals surface area contributed by atoms with Crippen LogP contribution in [0.4, 0.5) is 0 Å². The summed E-state index contributed by atoms with van der Waals surface area (Å²) < 4.78 is 36.1. The molecule has 9 heteroatoms.